The molecule has 5 heterocycles. The number of thiophene rings is 2. The van der Waals surface area contributed by atoms with Gasteiger partial charge in [0.25, 0.3) is 6.71 Å². The molecule has 0 radical (unpaired) electrons. The van der Waals surface area contributed by atoms with Crippen LogP contribution in [0.25, 0.3) is 135 Å². The van der Waals surface area contributed by atoms with E-state index in [1.165, 1.54) is 62.6 Å². The molecule has 0 fully saturated rings. The van der Waals surface area contributed by atoms with Crippen LogP contribution in [0.15, 0.2) is 303 Å². The van der Waals surface area contributed by atoms with Gasteiger partial charge in [0.1, 0.15) is 0 Å². The molecule has 2 aliphatic rings. The van der Waals surface area contributed by atoms with E-state index in [9.17, 15) is 8.22 Å². The summed E-state index contributed by atoms with van der Waals surface area (Å²) in [6.07, 6.45) is 0. The standard InChI is InChI=1S/C114H104BN3S2/c1-109(2,3)76-46-36-69(37-47-76)84-29-23-30-85(70-38-48-77(49-39-70)110(4,5)6)107(84)117-97-58-44-74(83-28-25-35-104-105(83)89-27-20-22-34-102(89)120-104)63-94(97)115-93-57-56-82(116-95-59-54-80(113(13,14)15)66-90(95)91-67-81(114(16,17)18)55-60-96(91)116)68-98(93)118(100-65-75(64-99(117)106(100)115)73-45-61-103-92(62-73)88-26-19-21-33-101(88)119-103)108-86(71-40-50-78(51-41-71)111(7,8)9)31-24-32-87(108)72-42-52-79(53-43-72)112(10,11)12/h19-68H,1-18H3/i54D,55D,59D,60D,66D,67D. The van der Waals surface area contributed by atoms with Gasteiger partial charge in [-0.25, -0.2) is 0 Å². The fraction of sp³-hybridized carbons (Fsp3) is 0.211. The maximum Gasteiger partial charge on any atom is 0.252 e. The lowest BCUT2D eigenvalue weighted by molar-refractivity contribution is 0.590. The van der Waals surface area contributed by atoms with Crippen LogP contribution >= 0.6 is 22.7 Å². The molecule has 120 heavy (non-hydrogen) atoms. The van der Waals surface area contributed by atoms with Crippen molar-refractivity contribution in [3.05, 3.63) is 337 Å². The summed E-state index contributed by atoms with van der Waals surface area (Å²) >= 11 is 3.65. The van der Waals surface area contributed by atoms with Gasteiger partial charge in [-0.05, 0) is 212 Å². The minimum atomic E-state index is -0.762. The van der Waals surface area contributed by atoms with E-state index < -0.39 is 17.5 Å². The highest BCUT2D eigenvalue weighted by atomic mass is 32.1. The molecule has 590 valence electrons. The Morgan fingerprint density at radius 3 is 1.13 bits per heavy atom. The minimum Gasteiger partial charge on any atom is -0.310 e. The van der Waals surface area contributed by atoms with E-state index in [1.54, 1.807) is 0 Å². The summed E-state index contributed by atoms with van der Waals surface area (Å²) in [4.78, 5) is 5.21. The second-order valence-electron chi connectivity index (χ2n) is 39.6. The van der Waals surface area contributed by atoms with Gasteiger partial charge in [0.05, 0.1) is 30.6 Å². The highest BCUT2D eigenvalue weighted by Gasteiger charge is 2.46. The topological polar surface area (TPSA) is 11.4 Å². The van der Waals surface area contributed by atoms with E-state index in [4.69, 9.17) is 0 Å². The Labute approximate surface area is 725 Å². The fourth-order valence-corrected chi connectivity index (χ4v) is 20.8. The van der Waals surface area contributed by atoms with Crippen LogP contribution in [0, 0.1) is 0 Å². The summed E-state index contributed by atoms with van der Waals surface area (Å²) in [5.74, 6) is 0. The molecule has 2 aliphatic heterocycles. The van der Waals surface area contributed by atoms with E-state index in [0.717, 1.165) is 117 Å². The molecule has 0 N–H and O–H groups in total. The Morgan fingerprint density at radius 2 is 0.658 bits per heavy atom. The summed E-state index contributed by atoms with van der Waals surface area (Å²) in [5.41, 5.74) is 26.2. The molecule has 6 heteroatoms. The van der Waals surface area contributed by atoms with Crippen molar-refractivity contribution in [3.8, 4) is 72.4 Å². The van der Waals surface area contributed by atoms with Crippen molar-refractivity contribution in [1.82, 2.24) is 4.57 Å². The molecule has 3 aromatic heterocycles. The third-order valence-corrected chi connectivity index (χ3v) is 27.6. The lowest BCUT2D eigenvalue weighted by Gasteiger charge is -2.46. The Bertz CT molecular complexity index is 7330. The molecule has 0 atom stereocenters. The van der Waals surface area contributed by atoms with Gasteiger partial charge < -0.3 is 14.4 Å². The average molecular weight is 1600 g/mol. The first kappa shape index (κ1) is 70.1. The lowest BCUT2D eigenvalue weighted by atomic mass is 9.33. The highest BCUT2D eigenvalue weighted by Crippen LogP contribution is 2.56. The van der Waals surface area contributed by atoms with Crippen LogP contribution in [0.3, 0.4) is 0 Å². The van der Waals surface area contributed by atoms with Crippen molar-refractivity contribution >= 4 is 142 Å². The number of para-hydroxylation sites is 2. The first-order chi connectivity index (χ1) is 59.8. The van der Waals surface area contributed by atoms with E-state index in [2.05, 4.69) is 360 Å². The summed E-state index contributed by atoms with van der Waals surface area (Å²) in [6.45, 7) is 38.7. The number of fused-ring (bicyclic) bond motifs is 13. The van der Waals surface area contributed by atoms with Gasteiger partial charge in [-0.3, -0.25) is 0 Å². The molecule has 15 aromatic carbocycles. The molecule has 0 aliphatic carbocycles. The van der Waals surface area contributed by atoms with Gasteiger partial charge in [0.15, 0.2) is 0 Å². The van der Waals surface area contributed by atoms with Crippen molar-refractivity contribution in [2.24, 2.45) is 0 Å². The zero-order valence-corrected chi connectivity index (χ0v) is 73.8. The molecule has 0 amide bonds. The minimum absolute atomic E-state index is 0.0439. The van der Waals surface area contributed by atoms with Crippen molar-refractivity contribution in [2.45, 2.75) is 157 Å². The number of hydrogen-bond acceptors (Lipinski definition) is 4. The zero-order valence-electron chi connectivity index (χ0n) is 78.1. The van der Waals surface area contributed by atoms with Crippen LogP contribution in [0.5, 0.6) is 0 Å². The molecule has 0 bridgehead atoms. The lowest BCUT2D eigenvalue weighted by Crippen LogP contribution is -2.61. The van der Waals surface area contributed by atoms with Gasteiger partial charge in [-0.2, -0.15) is 0 Å². The van der Waals surface area contributed by atoms with Crippen LogP contribution in [-0.4, -0.2) is 11.3 Å². The molecule has 0 spiro atoms. The second kappa shape index (κ2) is 27.9. The number of nitrogens with zero attached hydrogens (tertiary/aromatic N) is 3. The predicted molar refractivity (Wildman–Crippen MR) is 525 cm³/mol. The van der Waals surface area contributed by atoms with Crippen LogP contribution in [0.4, 0.5) is 34.1 Å². The fourth-order valence-electron chi connectivity index (χ4n) is 18.6. The third kappa shape index (κ3) is 13.0. The van der Waals surface area contributed by atoms with Gasteiger partial charge >= 0.3 is 0 Å². The van der Waals surface area contributed by atoms with E-state index >= 15 is 0 Å². The molecular formula is C114H104BN3S2. The second-order valence-corrected chi connectivity index (χ2v) is 41.8. The van der Waals surface area contributed by atoms with Crippen molar-refractivity contribution in [3.63, 3.8) is 0 Å². The number of aromatic nitrogens is 1. The highest BCUT2D eigenvalue weighted by molar-refractivity contribution is 7.26. The molecular weight excluding hydrogens is 1490 g/mol. The van der Waals surface area contributed by atoms with Crippen molar-refractivity contribution in [1.29, 1.82) is 0 Å². The van der Waals surface area contributed by atoms with E-state index in [1.807, 2.05) is 68.8 Å². The van der Waals surface area contributed by atoms with Crippen LogP contribution < -0.4 is 26.2 Å². The smallest absolute Gasteiger partial charge is 0.252 e. The normalized spacial score (nSPS) is 14.1. The maximum absolute atomic E-state index is 10.6. The Kier molecular flexibility index (Phi) is 16.3. The zero-order chi connectivity index (χ0) is 88.4. The summed E-state index contributed by atoms with van der Waals surface area (Å²) in [7, 11) is 0. The van der Waals surface area contributed by atoms with Crippen LogP contribution in [0.1, 0.15) is 166 Å². The molecule has 18 aromatic rings. The van der Waals surface area contributed by atoms with Crippen LogP contribution in [0.2, 0.25) is 0 Å². The van der Waals surface area contributed by atoms with Gasteiger partial charge in [0, 0.05) is 102 Å². The molecule has 3 nitrogen and oxygen atoms in total. The first-order valence-corrected chi connectivity index (χ1v) is 44.1. The monoisotopic (exact) mass is 1600 g/mol. The Balaban J connectivity index is 0.998. The predicted octanol–water partition coefficient (Wildman–Crippen LogP) is 31.4. The summed E-state index contributed by atoms with van der Waals surface area (Å²) in [6, 6.07) is 101. The number of anilines is 6. The largest absolute Gasteiger partial charge is 0.310 e. The third-order valence-electron chi connectivity index (χ3n) is 25.3. The van der Waals surface area contributed by atoms with Gasteiger partial charge in [-0.15, -0.1) is 22.7 Å². The molecule has 0 unspecified atom stereocenters. The maximum atomic E-state index is 10.6. The Morgan fingerprint density at radius 1 is 0.267 bits per heavy atom. The number of hydrogen-bond donors (Lipinski definition) is 0. The van der Waals surface area contributed by atoms with Gasteiger partial charge in [0.2, 0.25) is 0 Å². The summed E-state index contributed by atoms with van der Waals surface area (Å²) in [5, 5.41) is 5.45. The Hall–Kier alpha value is -11.8. The number of benzene rings is 15. The van der Waals surface area contributed by atoms with Crippen molar-refractivity contribution in [2.75, 3.05) is 9.80 Å². The SMILES string of the molecule is [2H]c1c(C(C)(C)C)c([2H])c2c3c([2H])c(C(C)(C)C)c([2H])c([2H])c3n(-c3ccc4c(c3)N(c3c(-c5ccc(C(C)(C)C)cc5)cccc3-c3ccc(C(C)(C)C)cc3)c3cc(-c5ccc6sc7ccccc7c6c5)cc5c3B4c3cc(-c4cccc6sc7ccccc7c46)ccc3N5c3c(-c4ccc(C(C)(C)C)cc4)cccc3-c3ccc(C(C)(C)C)cc3)c2c1[2H]. The van der Waals surface area contributed by atoms with E-state index in [0.29, 0.717) is 27.6 Å². The van der Waals surface area contributed by atoms with E-state index in [-0.39, 0.29) is 68.9 Å². The van der Waals surface area contributed by atoms with Crippen LogP contribution in [-0.2, 0) is 32.5 Å². The molecule has 0 saturated carbocycles. The molecule has 20 rings (SSSR count). The van der Waals surface area contributed by atoms with Gasteiger partial charge in [-0.1, -0.05) is 343 Å². The number of rotatable bonds is 9. The quantitative estimate of drug-likeness (QED) is 0.133. The molecule has 0 saturated heterocycles. The first-order valence-electron chi connectivity index (χ1n) is 45.5. The average Bonchev–Trinajstić information content (AvgIpc) is 1.11. The van der Waals surface area contributed by atoms with Crippen molar-refractivity contribution < 1.29 is 8.22 Å². The summed E-state index contributed by atoms with van der Waals surface area (Å²) < 4.78 is 69.3.